The van der Waals surface area contributed by atoms with Crippen LogP contribution in [0.5, 0.6) is 0 Å². The Morgan fingerprint density at radius 3 is 2.95 bits per heavy atom. The van der Waals surface area contributed by atoms with Crippen LogP contribution in [0.25, 0.3) is 0 Å². The molecule has 1 aromatic heterocycles. The number of nitrogens with one attached hydrogen (secondary N) is 2. The summed E-state index contributed by atoms with van der Waals surface area (Å²) in [6.45, 7) is 1.69. The third kappa shape index (κ3) is 5.70. The molecular weight excluding hydrogens is 282 g/mol. The summed E-state index contributed by atoms with van der Waals surface area (Å²) < 4.78 is 4.86. The van der Waals surface area contributed by atoms with Gasteiger partial charge in [-0.05, 0) is 19.2 Å². The number of carbonyl (C=O) groups excluding carboxylic acids is 1. The van der Waals surface area contributed by atoms with Gasteiger partial charge in [-0.3, -0.25) is 9.69 Å². The molecule has 20 heavy (non-hydrogen) atoms. The summed E-state index contributed by atoms with van der Waals surface area (Å²) in [5, 5.41) is 3.28. The Labute approximate surface area is 123 Å². The number of hydrogen-bond donors (Lipinski definition) is 3. The average Bonchev–Trinajstić information content (AvgIpc) is 2.41. The molecule has 0 saturated heterocycles. The molecular formula is C12H20ClN5O2. The number of methoxy groups -OCH3 is 1. The van der Waals surface area contributed by atoms with Crippen LogP contribution >= 0.6 is 11.6 Å². The number of nitrogen functional groups attached to an aromatic ring is 1. The van der Waals surface area contributed by atoms with Crippen molar-refractivity contribution in [1.29, 1.82) is 0 Å². The lowest BCUT2D eigenvalue weighted by atomic mass is 10.3. The highest BCUT2D eigenvalue weighted by Crippen LogP contribution is 2.17. The standard InChI is InChI=1S/C12H20ClN5O2/c1-18(8-12(19)15-5-6-20-2)7-10-9(13)3-4-11(16-10)17-14/h3-4H,5-8,14H2,1-2H3,(H,15,19)(H,16,17). The van der Waals surface area contributed by atoms with Crippen LogP contribution in [0, 0.1) is 0 Å². The van der Waals surface area contributed by atoms with Crippen LogP contribution in [-0.4, -0.2) is 49.6 Å². The molecule has 1 heterocycles. The Morgan fingerprint density at radius 2 is 2.30 bits per heavy atom. The van der Waals surface area contributed by atoms with Crippen molar-refractivity contribution in [3.8, 4) is 0 Å². The van der Waals surface area contributed by atoms with Crippen molar-refractivity contribution in [1.82, 2.24) is 15.2 Å². The van der Waals surface area contributed by atoms with E-state index in [0.29, 0.717) is 36.2 Å². The van der Waals surface area contributed by atoms with Crippen molar-refractivity contribution >= 4 is 23.3 Å². The van der Waals surface area contributed by atoms with Crippen molar-refractivity contribution in [3.63, 3.8) is 0 Å². The SMILES string of the molecule is COCCNC(=O)CN(C)Cc1nc(NN)ccc1Cl. The minimum Gasteiger partial charge on any atom is -0.383 e. The molecule has 0 aromatic carbocycles. The molecule has 0 aliphatic rings. The van der Waals surface area contributed by atoms with Gasteiger partial charge in [0.05, 0.1) is 23.9 Å². The molecule has 8 heteroatoms. The fraction of sp³-hybridized carbons (Fsp3) is 0.500. The van der Waals surface area contributed by atoms with E-state index in [4.69, 9.17) is 22.2 Å². The van der Waals surface area contributed by atoms with E-state index >= 15 is 0 Å². The number of aromatic nitrogens is 1. The third-order valence-corrected chi connectivity index (χ3v) is 2.87. The first-order valence-electron chi connectivity index (χ1n) is 6.13. The first-order chi connectivity index (χ1) is 9.56. The number of rotatable bonds is 8. The van der Waals surface area contributed by atoms with Gasteiger partial charge in [0.15, 0.2) is 0 Å². The molecule has 0 radical (unpaired) electrons. The Hall–Kier alpha value is -1.41. The highest BCUT2D eigenvalue weighted by Gasteiger charge is 2.10. The number of hydrogen-bond acceptors (Lipinski definition) is 6. The third-order valence-electron chi connectivity index (χ3n) is 2.53. The number of amides is 1. The van der Waals surface area contributed by atoms with Crippen LogP contribution in [0.15, 0.2) is 12.1 Å². The van der Waals surface area contributed by atoms with Crippen molar-refractivity contribution in [2.45, 2.75) is 6.54 Å². The molecule has 0 spiro atoms. The van der Waals surface area contributed by atoms with E-state index in [1.54, 1.807) is 19.2 Å². The Bertz CT molecular complexity index is 444. The monoisotopic (exact) mass is 301 g/mol. The van der Waals surface area contributed by atoms with E-state index in [1.807, 2.05) is 11.9 Å². The Kier molecular flexibility index (Phi) is 7.24. The quantitative estimate of drug-likeness (QED) is 0.361. The van der Waals surface area contributed by atoms with Crippen molar-refractivity contribution in [2.75, 3.05) is 39.3 Å². The van der Waals surface area contributed by atoms with Crippen LogP contribution in [0.3, 0.4) is 0 Å². The van der Waals surface area contributed by atoms with Gasteiger partial charge in [0.25, 0.3) is 0 Å². The lowest BCUT2D eigenvalue weighted by molar-refractivity contribution is -0.122. The van der Waals surface area contributed by atoms with E-state index in [0.717, 1.165) is 0 Å². The highest BCUT2D eigenvalue weighted by atomic mass is 35.5. The second-order valence-electron chi connectivity index (χ2n) is 4.28. The van der Waals surface area contributed by atoms with E-state index in [9.17, 15) is 4.79 Å². The summed E-state index contributed by atoms with van der Waals surface area (Å²) in [4.78, 5) is 17.7. The second-order valence-corrected chi connectivity index (χ2v) is 4.69. The number of hydrazine groups is 1. The van der Waals surface area contributed by atoms with Gasteiger partial charge in [-0.25, -0.2) is 10.8 Å². The number of pyridine rings is 1. The predicted octanol–water partition coefficient (Wildman–Crippen LogP) is 0.215. The minimum atomic E-state index is -0.0752. The minimum absolute atomic E-state index is 0.0752. The number of nitrogens with two attached hydrogens (primary N) is 1. The normalized spacial score (nSPS) is 10.7. The molecule has 0 saturated carbocycles. The molecule has 0 atom stereocenters. The molecule has 0 bridgehead atoms. The largest absolute Gasteiger partial charge is 0.383 e. The number of carbonyl (C=O) groups is 1. The zero-order valence-corrected chi connectivity index (χ0v) is 12.4. The molecule has 0 aliphatic heterocycles. The van der Waals surface area contributed by atoms with Crippen LogP contribution in [0.2, 0.25) is 5.02 Å². The molecule has 7 nitrogen and oxygen atoms in total. The summed E-state index contributed by atoms with van der Waals surface area (Å²) in [6, 6.07) is 3.40. The molecule has 4 N–H and O–H groups in total. The smallest absolute Gasteiger partial charge is 0.234 e. The lowest BCUT2D eigenvalue weighted by Gasteiger charge is -2.17. The van der Waals surface area contributed by atoms with Gasteiger partial charge >= 0.3 is 0 Å². The van der Waals surface area contributed by atoms with Crippen LogP contribution < -0.4 is 16.6 Å². The summed E-state index contributed by atoms with van der Waals surface area (Å²) >= 11 is 6.06. The highest BCUT2D eigenvalue weighted by molar-refractivity contribution is 6.31. The van der Waals surface area contributed by atoms with Crippen molar-refractivity contribution in [2.24, 2.45) is 5.84 Å². The Morgan fingerprint density at radius 1 is 1.55 bits per heavy atom. The molecule has 0 fully saturated rings. The lowest BCUT2D eigenvalue weighted by Crippen LogP contribution is -2.36. The van der Waals surface area contributed by atoms with Crippen molar-refractivity contribution < 1.29 is 9.53 Å². The Balaban J connectivity index is 2.49. The van der Waals surface area contributed by atoms with Gasteiger partial charge in [0.1, 0.15) is 5.82 Å². The molecule has 0 aliphatic carbocycles. The van der Waals surface area contributed by atoms with Crippen LogP contribution in [0.1, 0.15) is 5.69 Å². The fourth-order valence-electron chi connectivity index (χ4n) is 1.58. The molecule has 1 amide bonds. The van der Waals surface area contributed by atoms with E-state index in [-0.39, 0.29) is 12.5 Å². The second kappa shape index (κ2) is 8.70. The number of anilines is 1. The summed E-state index contributed by atoms with van der Waals surface area (Å²) in [5.41, 5.74) is 3.12. The number of likely N-dealkylation sites (N-methyl/N-ethyl adjacent to an activating group) is 1. The number of ether oxygens (including phenoxy) is 1. The van der Waals surface area contributed by atoms with Gasteiger partial charge in [0.2, 0.25) is 5.91 Å². The first-order valence-corrected chi connectivity index (χ1v) is 6.50. The molecule has 1 aromatic rings. The molecule has 1 rings (SSSR count). The summed E-state index contributed by atoms with van der Waals surface area (Å²) in [5.74, 6) is 5.76. The predicted molar refractivity (Wildman–Crippen MR) is 78.3 cm³/mol. The average molecular weight is 302 g/mol. The van der Waals surface area contributed by atoms with Crippen LogP contribution in [0.4, 0.5) is 5.82 Å². The summed E-state index contributed by atoms with van der Waals surface area (Å²) in [7, 11) is 3.40. The van der Waals surface area contributed by atoms with Gasteiger partial charge < -0.3 is 15.5 Å². The molecule has 112 valence electrons. The van der Waals surface area contributed by atoms with Gasteiger partial charge in [0, 0.05) is 20.2 Å². The van der Waals surface area contributed by atoms with Gasteiger partial charge in [-0.1, -0.05) is 11.6 Å². The fourth-order valence-corrected chi connectivity index (χ4v) is 1.75. The molecule has 0 unspecified atom stereocenters. The number of nitrogens with zero attached hydrogens (tertiary/aromatic N) is 2. The van der Waals surface area contributed by atoms with E-state index in [1.165, 1.54) is 0 Å². The maximum Gasteiger partial charge on any atom is 0.234 e. The zero-order valence-electron chi connectivity index (χ0n) is 11.6. The van der Waals surface area contributed by atoms with E-state index < -0.39 is 0 Å². The van der Waals surface area contributed by atoms with Gasteiger partial charge in [-0.2, -0.15) is 0 Å². The van der Waals surface area contributed by atoms with Crippen molar-refractivity contribution in [3.05, 3.63) is 22.8 Å². The van der Waals surface area contributed by atoms with Crippen LogP contribution in [-0.2, 0) is 16.1 Å². The summed E-state index contributed by atoms with van der Waals surface area (Å²) in [6.07, 6.45) is 0. The first kappa shape index (κ1) is 16.6. The van der Waals surface area contributed by atoms with E-state index in [2.05, 4.69) is 15.7 Å². The van der Waals surface area contributed by atoms with Gasteiger partial charge in [-0.15, -0.1) is 0 Å². The zero-order chi connectivity index (χ0) is 15.0. The topological polar surface area (TPSA) is 92.5 Å². The maximum atomic E-state index is 11.6. The maximum absolute atomic E-state index is 11.6. The number of halogens is 1.